The molecular weight excluding hydrogens is 198 g/mol. The molecule has 1 saturated carbocycles. The molecular formula is C14H27NO. The van der Waals surface area contributed by atoms with Gasteiger partial charge in [0, 0.05) is 12.6 Å². The second kappa shape index (κ2) is 7.86. The average Bonchev–Trinajstić information content (AvgIpc) is 2.28. The van der Waals surface area contributed by atoms with Crippen LogP contribution in [0.25, 0.3) is 0 Å². The molecule has 2 nitrogen and oxygen atoms in total. The molecule has 0 heterocycles. The highest BCUT2D eigenvalue weighted by Gasteiger charge is 2.19. The van der Waals surface area contributed by atoms with Gasteiger partial charge in [-0.25, -0.2) is 0 Å². The normalized spacial score (nSPS) is 25.6. The van der Waals surface area contributed by atoms with Gasteiger partial charge in [0.1, 0.15) is 0 Å². The summed E-state index contributed by atoms with van der Waals surface area (Å²) in [7, 11) is 0. The van der Waals surface area contributed by atoms with Crippen LogP contribution in [-0.4, -0.2) is 25.8 Å². The third-order valence-corrected chi connectivity index (χ3v) is 3.39. The number of rotatable bonds is 7. The highest BCUT2D eigenvalue weighted by atomic mass is 16.5. The fourth-order valence-electron chi connectivity index (χ4n) is 2.43. The Balaban J connectivity index is 2.01. The van der Waals surface area contributed by atoms with Gasteiger partial charge in [-0.1, -0.05) is 38.3 Å². The maximum Gasteiger partial charge on any atom is 0.0672 e. The Morgan fingerprint density at radius 2 is 2.25 bits per heavy atom. The monoisotopic (exact) mass is 225 g/mol. The van der Waals surface area contributed by atoms with Crippen LogP contribution in [-0.2, 0) is 4.74 Å². The minimum atomic E-state index is 0.698. The highest BCUT2D eigenvalue weighted by molar-refractivity contribution is 4.87. The third-order valence-electron chi connectivity index (χ3n) is 3.39. The lowest BCUT2D eigenvalue weighted by molar-refractivity contribution is 0.150. The van der Waals surface area contributed by atoms with Crippen LogP contribution in [0.4, 0.5) is 0 Å². The summed E-state index contributed by atoms with van der Waals surface area (Å²) in [5.41, 5.74) is 1.10. The fraction of sp³-hybridized carbons (Fsp3) is 0.857. The molecule has 0 aromatic rings. The van der Waals surface area contributed by atoms with Crippen LogP contribution < -0.4 is 5.32 Å². The fourth-order valence-corrected chi connectivity index (χ4v) is 2.43. The van der Waals surface area contributed by atoms with Crippen molar-refractivity contribution in [1.82, 2.24) is 5.32 Å². The van der Waals surface area contributed by atoms with Gasteiger partial charge >= 0.3 is 0 Å². The van der Waals surface area contributed by atoms with E-state index in [1.807, 2.05) is 6.92 Å². The molecule has 0 aliphatic heterocycles. The number of ether oxygens (including phenoxy) is 1. The molecule has 1 aliphatic carbocycles. The van der Waals surface area contributed by atoms with Crippen LogP contribution >= 0.6 is 0 Å². The first kappa shape index (κ1) is 13.7. The number of hydrogen-bond donors (Lipinski definition) is 1. The van der Waals surface area contributed by atoms with Gasteiger partial charge in [0.25, 0.3) is 0 Å². The quantitative estimate of drug-likeness (QED) is 0.531. The molecule has 16 heavy (non-hydrogen) atoms. The Hall–Kier alpha value is -0.340. The van der Waals surface area contributed by atoms with Crippen LogP contribution in [0.5, 0.6) is 0 Å². The molecule has 0 aromatic carbocycles. The van der Waals surface area contributed by atoms with Crippen molar-refractivity contribution in [2.24, 2.45) is 5.92 Å². The van der Waals surface area contributed by atoms with Gasteiger partial charge in [0.15, 0.2) is 0 Å². The van der Waals surface area contributed by atoms with E-state index in [1.54, 1.807) is 0 Å². The van der Waals surface area contributed by atoms with Gasteiger partial charge in [-0.15, -0.1) is 0 Å². The summed E-state index contributed by atoms with van der Waals surface area (Å²) in [6.45, 7) is 10.6. The summed E-state index contributed by atoms with van der Waals surface area (Å²) in [6, 6.07) is 0.729. The van der Waals surface area contributed by atoms with E-state index in [-0.39, 0.29) is 0 Å². The largest absolute Gasteiger partial charge is 0.376 e. The van der Waals surface area contributed by atoms with E-state index >= 15 is 0 Å². The molecule has 2 unspecified atom stereocenters. The lowest BCUT2D eigenvalue weighted by atomic mass is 9.84. The molecule has 0 aromatic heterocycles. The first-order valence-corrected chi connectivity index (χ1v) is 6.68. The molecule has 1 N–H and O–H groups in total. The van der Waals surface area contributed by atoms with E-state index in [1.165, 1.54) is 32.1 Å². The van der Waals surface area contributed by atoms with Gasteiger partial charge < -0.3 is 10.1 Å². The zero-order valence-electron chi connectivity index (χ0n) is 10.9. The molecule has 1 aliphatic rings. The highest BCUT2D eigenvalue weighted by Crippen LogP contribution is 2.26. The van der Waals surface area contributed by atoms with Crippen molar-refractivity contribution >= 4 is 0 Å². The zero-order chi connectivity index (χ0) is 11.8. The number of hydrogen-bond acceptors (Lipinski definition) is 2. The standard InChI is InChI=1S/C14H27NO/c1-4-13-6-5-7-14(10-13)15-8-9-16-11-12(2)3/h13-15H,2,4-11H2,1,3H3. The smallest absolute Gasteiger partial charge is 0.0672 e. The van der Waals surface area contributed by atoms with E-state index in [0.717, 1.165) is 30.7 Å². The molecule has 1 rings (SSSR count). The van der Waals surface area contributed by atoms with Crippen molar-refractivity contribution in [2.75, 3.05) is 19.8 Å². The van der Waals surface area contributed by atoms with Crippen molar-refractivity contribution in [1.29, 1.82) is 0 Å². The average molecular weight is 225 g/mol. The summed E-state index contributed by atoms with van der Waals surface area (Å²) in [5.74, 6) is 0.947. The Bertz CT molecular complexity index is 203. The van der Waals surface area contributed by atoms with Crippen molar-refractivity contribution in [3.05, 3.63) is 12.2 Å². The molecule has 2 atom stereocenters. The molecule has 0 amide bonds. The molecule has 0 radical (unpaired) electrons. The summed E-state index contributed by atoms with van der Waals surface area (Å²) in [6.07, 6.45) is 6.86. The third kappa shape index (κ3) is 5.66. The minimum absolute atomic E-state index is 0.698. The van der Waals surface area contributed by atoms with Gasteiger partial charge in [-0.05, 0) is 25.7 Å². The van der Waals surface area contributed by atoms with Crippen molar-refractivity contribution in [3.63, 3.8) is 0 Å². The van der Waals surface area contributed by atoms with Crippen molar-refractivity contribution in [2.45, 2.75) is 52.0 Å². The van der Waals surface area contributed by atoms with Crippen molar-refractivity contribution in [3.8, 4) is 0 Å². The first-order chi connectivity index (χ1) is 7.72. The second-order valence-corrected chi connectivity index (χ2v) is 5.10. The maximum atomic E-state index is 5.48. The molecule has 0 spiro atoms. The Kier molecular flexibility index (Phi) is 6.74. The zero-order valence-corrected chi connectivity index (χ0v) is 10.9. The molecule has 0 bridgehead atoms. The van der Waals surface area contributed by atoms with E-state index in [0.29, 0.717) is 6.61 Å². The maximum absolute atomic E-state index is 5.48. The predicted molar refractivity (Wildman–Crippen MR) is 69.7 cm³/mol. The summed E-state index contributed by atoms with van der Waals surface area (Å²) < 4.78 is 5.48. The van der Waals surface area contributed by atoms with E-state index in [4.69, 9.17) is 4.74 Å². The second-order valence-electron chi connectivity index (χ2n) is 5.10. The van der Waals surface area contributed by atoms with E-state index < -0.39 is 0 Å². The van der Waals surface area contributed by atoms with Gasteiger partial charge in [0.05, 0.1) is 13.2 Å². The Morgan fingerprint density at radius 1 is 1.44 bits per heavy atom. The Morgan fingerprint density at radius 3 is 2.94 bits per heavy atom. The Labute approximate surface area is 100 Å². The van der Waals surface area contributed by atoms with Crippen molar-refractivity contribution < 1.29 is 4.74 Å². The van der Waals surface area contributed by atoms with E-state index in [9.17, 15) is 0 Å². The number of nitrogens with one attached hydrogen (secondary N) is 1. The first-order valence-electron chi connectivity index (χ1n) is 6.68. The summed E-state index contributed by atoms with van der Waals surface area (Å²) >= 11 is 0. The van der Waals surface area contributed by atoms with E-state index in [2.05, 4.69) is 18.8 Å². The van der Waals surface area contributed by atoms with Crippen LogP contribution in [0.3, 0.4) is 0 Å². The minimum Gasteiger partial charge on any atom is -0.376 e. The SMILES string of the molecule is C=C(C)COCCNC1CCCC(CC)C1. The topological polar surface area (TPSA) is 21.3 Å². The lowest BCUT2D eigenvalue weighted by Gasteiger charge is -2.29. The molecule has 2 heteroatoms. The molecule has 1 fully saturated rings. The van der Waals surface area contributed by atoms with Gasteiger partial charge in [0.2, 0.25) is 0 Å². The predicted octanol–water partition coefficient (Wildman–Crippen LogP) is 3.14. The lowest BCUT2D eigenvalue weighted by Crippen LogP contribution is -2.36. The van der Waals surface area contributed by atoms with Crippen LogP contribution in [0, 0.1) is 5.92 Å². The molecule has 94 valence electrons. The van der Waals surface area contributed by atoms with Crippen LogP contribution in [0.2, 0.25) is 0 Å². The molecule has 0 saturated heterocycles. The summed E-state index contributed by atoms with van der Waals surface area (Å²) in [5, 5.41) is 3.60. The van der Waals surface area contributed by atoms with Gasteiger partial charge in [-0.3, -0.25) is 0 Å². The van der Waals surface area contributed by atoms with Crippen LogP contribution in [0.1, 0.15) is 46.0 Å². The van der Waals surface area contributed by atoms with Gasteiger partial charge in [-0.2, -0.15) is 0 Å². The summed E-state index contributed by atoms with van der Waals surface area (Å²) in [4.78, 5) is 0. The van der Waals surface area contributed by atoms with Crippen LogP contribution in [0.15, 0.2) is 12.2 Å².